The summed E-state index contributed by atoms with van der Waals surface area (Å²) in [6.07, 6.45) is 2.66. The first-order valence-corrected chi connectivity index (χ1v) is 11.6. The molecule has 1 saturated heterocycles. The largest absolute Gasteiger partial charge is 0.369 e. The Kier molecular flexibility index (Phi) is 7.84. The lowest BCUT2D eigenvalue weighted by Crippen LogP contribution is -2.36. The van der Waals surface area contributed by atoms with E-state index in [2.05, 4.69) is 22.0 Å². The van der Waals surface area contributed by atoms with Gasteiger partial charge in [-0.3, -0.25) is 4.79 Å². The van der Waals surface area contributed by atoms with Crippen molar-refractivity contribution < 1.29 is 9.18 Å². The molecule has 2 heterocycles. The van der Waals surface area contributed by atoms with Crippen molar-refractivity contribution in [3.63, 3.8) is 0 Å². The van der Waals surface area contributed by atoms with Gasteiger partial charge in [-0.1, -0.05) is 30.3 Å². The van der Waals surface area contributed by atoms with E-state index in [1.54, 1.807) is 24.3 Å². The number of rotatable bonds is 8. The van der Waals surface area contributed by atoms with Crippen molar-refractivity contribution in [1.29, 1.82) is 5.26 Å². The molecule has 7 heteroatoms. The first kappa shape index (κ1) is 23.4. The van der Waals surface area contributed by atoms with E-state index in [1.807, 2.05) is 24.3 Å². The number of nitrogens with one attached hydrogen (secondary N) is 3. The molecule has 1 aliphatic rings. The molecule has 0 spiro atoms. The minimum atomic E-state index is -0.274. The number of hydrogen-bond donors (Lipinski definition) is 3. The van der Waals surface area contributed by atoms with E-state index in [-0.39, 0.29) is 11.7 Å². The normalized spacial score (nSPS) is 13.8. The number of pyridine rings is 1. The van der Waals surface area contributed by atoms with Crippen LogP contribution >= 0.6 is 0 Å². The van der Waals surface area contributed by atoms with Crippen LogP contribution in [-0.4, -0.2) is 37.1 Å². The average molecular weight is 458 g/mol. The zero-order valence-corrected chi connectivity index (χ0v) is 19.0. The second kappa shape index (κ2) is 11.4. The molecule has 4 rings (SSSR count). The number of anilines is 1. The molecule has 0 aliphatic carbocycles. The van der Waals surface area contributed by atoms with E-state index in [0.717, 1.165) is 31.5 Å². The summed E-state index contributed by atoms with van der Waals surface area (Å²) in [5.41, 5.74) is 3.14. The molecule has 3 N–H and O–H groups in total. The highest BCUT2D eigenvalue weighted by Gasteiger charge is 2.18. The molecule has 1 fully saturated rings. The first-order chi connectivity index (χ1) is 16.6. The highest BCUT2D eigenvalue weighted by atomic mass is 19.1. The van der Waals surface area contributed by atoms with Gasteiger partial charge in [-0.2, -0.15) is 5.26 Å². The molecule has 0 saturated carbocycles. The van der Waals surface area contributed by atoms with E-state index in [1.165, 1.54) is 12.1 Å². The fourth-order valence-corrected chi connectivity index (χ4v) is 4.17. The van der Waals surface area contributed by atoms with E-state index < -0.39 is 0 Å². The molecule has 6 nitrogen and oxygen atoms in total. The van der Waals surface area contributed by atoms with Gasteiger partial charge in [0.1, 0.15) is 11.6 Å². The number of nitriles is 1. The van der Waals surface area contributed by atoms with Crippen molar-refractivity contribution in [2.45, 2.75) is 19.3 Å². The third kappa shape index (κ3) is 5.97. The minimum Gasteiger partial charge on any atom is -0.369 e. The number of halogens is 1. The van der Waals surface area contributed by atoms with Crippen LogP contribution in [0.4, 0.5) is 10.2 Å². The highest BCUT2D eigenvalue weighted by molar-refractivity contribution is 5.99. The molecule has 174 valence electrons. The quantitative estimate of drug-likeness (QED) is 0.473. The summed E-state index contributed by atoms with van der Waals surface area (Å²) in [7, 11) is 0. The van der Waals surface area contributed by atoms with Crippen LogP contribution in [0.5, 0.6) is 0 Å². The van der Waals surface area contributed by atoms with Gasteiger partial charge in [-0.25, -0.2) is 9.37 Å². The summed E-state index contributed by atoms with van der Waals surface area (Å²) < 4.78 is 13.5. The van der Waals surface area contributed by atoms with Crippen LogP contribution in [0.3, 0.4) is 0 Å². The minimum absolute atomic E-state index is 0.181. The van der Waals surface area contributed by atoms with Crippen LogP contribution in [-0.2, 0) is 6.42 Å². The van der Waals surface area contributed by atoms with Gasteiger partial charge in [0.05, 0.1) is 22.9 Å². The molecule has 0 atom stereocenters. The molecular formula is C27H28FN5O. The van der Waals surface area contributed by atoms with Crippen molar-refractivity contribution in [2.24, 2.45) is 5.92 Å². The standard InChI is InChI=1S/C27H28FN5O/c28-22-6-3-4-19(16-22)12-15-31-26-24(27(34)32-18-20-10-13-30-14-11-20)8-9-25(33-26)23-7-2-1-5-21(23)17-29/h1-9,16,20,30H,10-15,18H2,(H,31,33)(H,32,34). The molecule has 0 radical (unpaired) electrons. The van der Waals surface area contributed by atoms with Crippen molar-refractivity contribution in [2.75, 3.05) is 31.5 Å². The molecule has 2 aromatic carbocycles. The lowest BCUT2D eigenvalue weighted by atomic mass is 9.98. The molecule has 3 aromatic rings. The van der Waals surface area contributed by atoms with Gasteiger partial charge in [0, 0.05) is 18.7 Å². The van der Waals surface area contributed by atoms with Gasteiger partial charge < -0.3 is 16.0 Å². The van der Waals surface area contributed by atoms with Crippen LogP contribution in [0.15, 0.2) is 60.7 Å². The molecule has 0 unspecified atom stereocenters. The van der Waals surface area contributed by atoms with Gasteiger partial charge in [-0.05, 0) is 74.2 Å². The Morgan fingerprint density at radius 3 is 2.74 bits per heavy atom. The van der Waals surface area contributed by atoms with Crippen LogP contribution in [0.2, 0.25) is 0 Å². The lowest BCUT2D eigenvalue weighted by Gasteiger charge is -2.23. The average Bonchev–Trinajstić information content (AvgIpc) is 2.88. The van der Waals surface area contributed by atoms with E-state index in [0.29, 0.717) is 53.6 Å². The maximum atomic E-state index is 13.5. The number of carbonyl (C=O) groups is 1. The lowest BCUT2D eigenvalue weighted by molar-refractivity contribution is 0.0944. The second-order valence-corrected chi connectivity index (χ2v) is 8.46. The summed E-state index contributed by atoms with van der Waals surface area (Å²) in [6.45, 7) is 3.06. The third-order valence-electron chi connectivity index (χ3n) is 6.07. The molecule has 34 heavy (non-hydrogen) atoms. The fourth-order valence-electron chi connectivity index (χ4n) is 4.17. The molecule has 1 amide bonds. The second-order valence-electron chi connectivity index (χ2n) is 8.46. The maximum Gasteiger partial charge on any atom is 0.255 e. The smallest absolute Gasteiger partial charge is 0.255 e. The zero-order chi connectivity index (χ0) is 23.8. The predicted octanol–water partition coefficient (Wildman–Crippen LogP) is 4.14. The van der Waals surface area contributed by atoms with Crippen LogP contribution in [0.25, 0.3) is 11.3 Å². The summed E-state index contributed by atoms with van der Waals surface area (Å²) in [5, 5.41) is 19.1. The molecule has 1 aliphatic heterocycles. The first-order valence-electron chi connectivity index (χ1n) is 11.6. The number of aromatic nitrogens is 1. The number of amides is 1. The van der Waals surface area contributed by atoms with Gasteiger partial charge in [0.15, 0.2) is 0 Å². The SMILES string of the molecule is N#Cc1ccccc1-c1ccc(C(=O)NCC2CCNCC2)c(NCCc2cccc(F)c2)n1. The van der Waals surface area contributed by atoms with Crippen LogP contribution in [0.1, 0.15) is 34.3 Å². The fraction of sp³-hybridized carbons (Fsp3) is 0.296. The van der Waals surface area contributed by atoms with E-state index in [9.17, 15) is 14.4 Å². The Morgan fingerprint density at radius 1 is 1.12 bits per heavy atom. The Balaban J connectivity index is 1.54. The summed E-state index contributed by atoms with van der Waals surface area (Å²) in [5.74, 6) is 0.455. The number of carbonyl (C=O) groups excluding carboxylic acids is 1. The monoisotopic (exact) mass is 457 g/mol. The van der Waals surface area contributed by atoms with Crippen molar-refractivity contribution in [3.05, 3.63) is 83.2 Å². The van der Waals surface area contributed by atoms with Gasteiger partial charge in [-0.15, -0.1) is 0 Å². The number of benzene rings is 2. The third-order valence-corrected chi connectivity index (χ3v) is 6.07. The predicted molar refractivity (Wildman–Crippen MR) is 131 cm³/mol. The summed E-state index contributed by atoms with van der Waals surface area (Å²) in [4.78, 5) is 17.8. The summed E-state index contributed by atoms with van der Waals surface area (Å²) in [6, 6.07) is 19.4. The molecular weight excluding hydrogens is 429 g/mol. The zero-order valence-electron chi connectivity index (χ0n) is 19.0. The van der Waals surface area contributed by atoms with E-state index in [4.69, 9.17) is 4.98 Å². The van der Waals surface area contributed by atoms with Gasteiger partial charge in [0.25, 0.3) is 5.91 Å². The number of hydrogen-bond acceptors (Lipinski definition) is 5. The number of piperidine rings is 1. The van der Waals surface area contributed by atoms with Gasteiger partial charge >= 0.3 is 0 Å². The molecule has 0 bridgehead atoms. The highest BCUT2D eigenvalue weighted by Crippen LogP contribution is 2.25. The van der Waals surface area contributed by atoms with Gasteiger partial charge in [0.2, 0.25) is 0 Å². The van der Waals surface area contributed by atoms with Crippen LogP contribution < -0.4 is 16.0 Å². The van der Waals surface area contributed by atoms with E-state index >= 15 is 0 Å². The maximum absolute atomic E-state index is 13.5. The summed E-state index contributed by atoms with van der Waals surface area (Å²) >= 11 is 0. The Morgan fingerprint density at radius 2 is 1.94 bits per heavy atom. The number of nitrogens with zero attached hydrogens (tertiary/aromatic N) is 2. The van der Waals surface area contributed by atoms with Crippen molar-refractivity contribution in [3.8, 4) is 17.3 Å². The molecule has 1 aromatic heterocycles. The van der Waals surface area contributed by atoms with Crippen molar-refractivity contribution in [1.82, 2.24) is 15.6 Å². The van der Waals surface area contributed by atoms with Crippen molar-refractivity contribution >= 4 is 11.7 Å². The Hall–Kier alpha value is -3.76. The topological polar surface area (TPSA) is 89.8 Å². The Bertz CT molecular complexity index is 1180. The van der Waals surface area contributed by atoms with Crippen LogP contribution in [0, 0.1) is 23.1 Å². The Labute approximate surface area is 199 Å².